The van der Waals surface area contributed by atoms with Crippen molar-refractivity contribution in [3.63, 3.8) is 0 Å². The van der Waals surface area contributed by atoms with Gasteiger partial charge in [0.05, 0.1) is 11.5 Å². The van der Waals surface area contributed by atoms with E-state index in [4.69, 9.17) is 11.6 Å². The fourth-order valence-electron chi connectivity index (χ4n) is 6.11. The monoisotopic (exact) mass is 605 g/mol. The fraction of sp³-hybridized carbons (Fsp3) is 0.282. The molecule has 4 aromatic rings. The molecule has 4 aromatic carbocycles. The molecule has 226 valence electrons. The third-order valence-electron chi connectivity index (χ3n) is 8.93. The van der Waals surface area contributed by atoms with Gasteiger partial charge in [-0.05, 0) is 119 Å². The summed E-state index contributed by atoms with van der Waals surface area (Å²) in [5.41, 5.74) is 8.89. The van der Waals surface area contributed by atoms with Gasteiger partial charge < -0.3 is 10.4 Å². The molecule has 2 N–H and O–H groups in total. The van der Waals surface area contributed by atoms with Crippen molar-refractivity contribution in [2.24, 2.45) is 11.3 Å². The Balaban J connectivity index is 1.37. The minimum Gasteiger partial charge on any atom is -0.478 e. The summed E-state index contributed by atoms with van der Waals surface area (Å²) >= 11 is 6.14. The maximum Gasteiger partial charge on any atom is 0.335 e. The minimum atomic E-state index is -0.968. The van der Waals surface area contributed by atoms with E-state index in [1.165, 1.54) is 17.6 Å². The normalized spacial score (nSPS) is 15.8. The number of carboxylic acids is 1. The number of halogens is 1. The number of rotatable bonds is 8. The molecule has 4 nitrogen and oxygen atoms in total. The van der Waals surface area contributed by atoms with Crippen LogP contribution in [0.15, 0.2) is 97.1 Å². The Bertz CT molecular complexity index is 1660. The second-order valence-electron chi connectivity index (χ2n) is 13.0. The van der Waals surface area contributed by atoms with Gasteiger partial charge in [-0.3, -0.25) is 4.79 Å². The molecule has 0 fully saturated rings. The van der Waals surface area contributed by atoms with Crippen LogP contribution < -0.4 is 5.32 Å². The number of carbonyl (C=O) groups excluding carboxylic acids is 1. The van der Waals surface area contributed by atoms with Crippen LogP contribution in [0.1, 0.15) is 78.6 Å². The first-order chi connectivity index (χ1) is 21.0. The van der Waals surface area contributed by atoms with Crippen molar-refractivity contribution in [2.75, 3.05) is 5.32 Å². The molecular formula is C39H40ClNO3. The first-order valence-electron chi connectivity index (χ1n) is 15.3. The van der Waals surface area contributed by atoms with Crippen LogP contribution in [0.3, 0.4) is 0 Å². The molecule has 5 rings (SSSR count). The Morgan fingerprint density at radius 1 is 0.909 bits per heavy atom. The lowest BCUT2D eigenvalue weighted by Crippen LogP contribution is -2.23. The van der Waals surface area contributed by atoms with Gasteiger partial charge >= 0.3 is 5.97 Å². The SMILES string of the molecule is Cc1cc(Cl)ccc1-c1ccc(NC(=O)[C@H](Cc2ccc(C(=O)O)cc2)c2ccc(C3=CCC(C(C)(C)C)CC3)cc2)cc1. The number of benzene rings is 4. The molecule has 1 aliphatic carbocycles. The maximum atomic E-state index is 13.8. The first-order valence-corrected chi connectivity index (χ1v) is 15.6. The van der Waals surface area contributed by atoms with Gasteiger partial charge in [0.2, 0.25) is 5.91 Å². The average molecular weight is 606 g/mol. The van der Waals surface area contributed by atoms with Crippen LogP contribution in [0.25, 0.3) is 16.7 Å². The lowest BCUT2D eigenvalue weighted by atomic mass is 9.72. The molecule has 0 heterocycles. The zero-order chi connectivity index (χ0) is 31.4. The quantitative estimate of drug-likeness (QED) is 0.210. The highest BCUT2D eigenvalue weighted by molar-refractivity contribution is 6.30. The van der Waals surface area contributed by atoms with Crippen molar-refractivity contribution < 1.29 is 14.7 Å². The largest absolute Gasteiger partial charge is 0.478 e. The van der Waals surface area contributed by atoms with Gasteiger partial charge in [-0.2, -0.15) is 0 Å². The Labute approximate surface area is 265 Å². The third kappa shape index (κ3) is 7.49. The van der Waals surface area contributed by atoms with Crippen molar-refractivity contribution in [2.45, 2.75) is 59.3 Å². The lowest BCUT2D eigenvalue weighted by molar-refractivity contribution is -0.117. The summed E-state index contributed by atoms with van der Waals surface area (Å²) in [5.74, 6) is -0.844. The van der Waals surface area contributed by atoms with Crippen molar-refractivity contribution in [1.29, 1.82) is 0 Å². The Morgan fingerprint density at radius 3 is 2.14 bits per heavy atom. The summed E-state index contributed by atoms with van der Waals surface area (Å²) in [4.78, 5) is 25.2. The molecule has 0 bridgehead atoms. The molecule has 5 heteroatoms. The lowest BCUT2D eigenvalue weighted by Gasteiger charge is -2.33. The van der Waals surface area contributed by atoms with E-state index < -0.39 is 11.9 Å². The fourth-order valence-corrected chi connectivity index (χ4v) is 6.33. The molecular weight excluding hydrogens is 566 g/mol. The zero-order valence-corrected chi connectivity index (χ0v) is 26.6. The van der Waals surface area contributed by atoms with E-state index in [0.717, 1.165) is 40.7 Å². The van der Waals surface area contributed by atoms with E-state index in [9.17, 15) is 14.7 Å². The Hall–Kier alpha value is -4.15. The van der Waals surface area contributed by atoms with Gasteiger partial charge in [-0.1, -0.05) is 93.0 Å². The van der Waals surface area contributed by atoms with Gasteiger partial charge in [0.25, 0.3) is 0 Å². The number of carboxylic acid groups (broad SMARTS) is 1. The molecule has 0 spiro atoms. The van der Waals surface area contributed by atoms with E-state index in [2.05, 4.69) is 56.4 Å². The molecule has 0 aliphatic heterocycles. The molecule has 1 aliphatic rings. The molecule has 1 amide bonds. The molecule has 1 unspecified atom stereocenters. The first kappa shape index (κ1) is 31.3. The van der Waals surface area contributed by atoms with Gasteiger partial charge in [-0.25, -0.2) is 4.79 Å². The second-order valence-corrected chi connectivity index (χ2v) is 13.4. The highest BCUT2D eigenvalue weighted by Crippen LogP contribution is 2.40. The summed E-state index contributed by atoms with van der Waals surface area (Å²) in [7, 11) is 0. The van der Waals surface area contributed by atoms with Gasteiger partial charge in [-0.15, -0.1) is 0 Å². The molecule has 44 heavy (non-hydrogen) atoms. The molecule has 0 aromatic heterocycles. The van der Waals surface area contributed by atoms with E-state index >= 15 is 0 Å². The average Bonchev–Trinajstić information content (AvgIpc) is 3.00. The maximum absolute atomic E-state index is 13.8. The topological polar surface area (TPSA) is 66.4 Å². The number of hydrogen-bond acceptors (Lipinski definition) is 2. The van der Waals surface area contributed by atoms with Crippen LogP contribution in [0, 0.1) is 18.3 Å². The van der Waals surface area contributed by atoms with Crippen LogP contribution in [-0.2, 0) is 11.2 Å². The smallest absolute Gasteiger partial charge is 0.335 e. The zero-order valence-electron chi connectivity index (χ0n) is 25.9. The number of anilines is 1. The number of nitrogens with one attached hydrogen (secondary N) is 1. The van der Waals surface area contributed by atoms with Gasteiger partial charge in [0.1, 0.15) is 0 Å². The molecule has 0 saturated carbocycles. The Morgan fingerprint density at radius 2 is 1.57 bits per heavy atom. The Kier molecular flexibility index (Phi) is 9.41. The summed E-state index contributed by atoms with van der Waals surface area (Å²) in [5, 5.41) is 13.1. The molecule has 0 saturated heterocycles. The second kappa shape index (κ2) is 13.2. The van der Waals surface area contributed by atoms with Crippen molar-refractivity contribution in [1.82, 2.24) is 0 Å². The number of allylic oxidation sites excluding steroid dienone is 2. The predicted molar refractivity (Wildman–Crippen MR) is 181 cm³/mol. The summed E-state index contributed by atoms with van der Waals surface area (Å²) < 4.78 is 0. The number of carbonyl (C=O) groups is 2. The minimum absolute atomic E-state index is 0.111. The van der Waals surface area contributed by atoms with E-state index in [0.29, 0.717) is 28.5 Å². The third-order valence-corrected chi connectivity index (χ3v) is 9.16. The summed E-state index contributed by atoms with van der Waals surface area (Å²) in [6.07, 6.45) is 6.17. The van der Waals surface area contributed by atoms with Crippen LogP contribution >= 0.6 is 11.6 Å². The standard InChI is InChI=1S/C39H40ClNO3/c1-25-23-33(40)19-22-35(25)29-15-20-34(21-16-29)41-37(42)36(24-26-5-7-31(8-6-26)38(43)44)30-11-9-27(10-12-30)28-13-17-32(18-14-28)39(2,3)4/h5-13,15-16,19-23,32,36H,14,17-18,24H2,1-4H3,(H,41,42)(H,43,44)/t32?,36-/m1/s1. The van der Waals surface area contributed by atoms with Crippen LogP contribution in [-0.4, -0.2) is 17.0 Å². The molecule has 0 radical (unpaired) electrons. The highest BCUT2D eigenvalue weighted by atomic mass is 35.5. The van der Waals surface area contributed by atoms with E-state index in [1.807, 2.05) is 49.4 Å². The summed E-state index contributed by atoms with van der Waals surface area (Å²) in [6, 6.07) is 28.8. The predicted octanol–water partition coefficient (Wildman–Crippen LogP) is 10.2. The van der Waals surface area contributed by atoms with E-state index in [-0.39, 0.29) is 11.5 Å². The highest BCUT2D eigenvalue weighted by Gasteiger charge is 2.27. The van der Waals surface area contributed by atoms with Gasteiger partial charge in [0, 0.05) is 10.7 Å². The summed E-state index contributed by atoms with van der Waals surface area (Å²) in [6.45, 7) is 8.99. The van der Waals surface area contributed by atoms with Crippen molar-refractivity contribution in [3.05, 3.63) is 130 Å². The van der Waals surface area contributed by atoms with Crippen LogP contribution in [0.2, 0.25) is 5.02 Å². The van der Waals surface area contributed by atoms with E-state index in [1.54, 1.807) is 24.3 Å². The van der Waals surface area contributed by atoms with Crippen molar-refractivity contribution in [3.8, 4) is 11.1 Å². The van der Waals surface area contributed by atoms with Crippen LogP contribution in [0.5, 0.6) is 0 Å². The number of amides is 1. The van der Waals surface area contributed by atoms with Crippen LogP contribution in [0.4, 0.5) is 5.69 Å². The molecule has 2 atom stereocenters. The van der Waals surface area contributed by atoms with Gasteiger partial charge in [0.15, 0.2) is 0 Å². The van der Waals surface area contributed by atoms with Crippen molar-refractivity contribution >= 4 is 34.7 Å². The number of hydrogen-bond donors (Lipinski definition) is 2. The number of aromatic carboxylic acids is 1. The number of aryl methyl sites for hydroxylation is 1.